The van der Waals surface area contributed by atoms with E-state index in [1.807, 2.05) is 0 Å². The van der Waals surface area contributed by atoms with Gasteiger partial charge in [-0.2, -0.15) is 0 Å². The van der Waals surface area contributed by atoms with Gasteiger partial charge in [0, 0.05) is 13.2 Å². The van der Waals surface area contributed by atoms with Gasteiger partial charge < -0.3 is 4.74 Å². The monoisotopic (exact) mass is 398 g/mol. The van der Waals surface area contributed by atoms with Crippen molar-refractivity contribution in [2.45, 2.75) is 85.4 Å². The molecule has 0 aromatic carbocycles. The van der Waals surface area contributed by atoms with Gasteiger partial charge in [-0.15, -0.1) is 0 Å². The summed E-state index contributed by atoms with van der Waals surface area (Å²) in [6, 6.07) is 0. The molecule has 0 bridgehead atoms. The van der Waals surface area contributed by atoms with E-state index in [4.69, 9.17) is 13.7 Å². The molecule has 0 saturated carbocycles. The van der Waals surface area contributed by atoms with Crippen molar-refractivity contribution in [3.05, 3.63) is 0 Å². The van der Waals surface area contributed by atoms with Crippen LogP contribution in [0.1, 0.15) is 72.1 Å². The van der Waals surface area contributed by atoms with E-state index in [-0.39, 0.29) is 0 Å². The van der Waals surface area contributed by atoms with E-state index in [2.05, 4.69) is 20.8 Å². The molecule has 0 aliphatic carbocycles. The van der Waals surface area contributed by atoms with Gasteiger partial charge in [0.15, 0.2) is 0 Å². The molecule has 0 aromatic rings. The van der Waals surface area contributed by atoms with Crippen LogP contribution < -0.4 is 0 Å². The van der Waals surface area contributed by atoms with Crippen LogP contribution in [-0.4, -0.2) is 30.5 Å². The third-order valence-corrected chi connectivity index (χ3v) is 18.3. The molecule has 1 rings (SSSR count). The Morgan fingerprint density at radius 1 is 0.789 bits per heavy atom. The van der Waals surface area contributed by atoms with Crippen molar-refractivity contribution in [2.75, 3.05) is 13.2 Å². The Balaban J connectivity index is 0.000000532. The Hall–Kier alpha value is 1.05. The molecule has 1 fully saturated rings. The molecule has 0 radical (unpaired) electrons. The van der Waals surface area contributed by atoms with E-state index < -0.39 is 17.3 Å². The molecule has 1 aliphatic heterocycles. The average Bonchev–Trinajstić information content (AvgIpc) is 3.00. The normalized spacial score (nSPS) is 15.2. The topological polar surface area (TPSA) is 9.23 Å². The van der Waals surface area contributed by atoms with Gasteiger partial charge in [-0.3, -0.25) is 0 Å². The molecular formula is C16H35ClOSn. The minimum absolute atomic E-state index is 1.00. The first-order valence-corrected chi connectivity index (χ1v) is 18.1. The van der Waals surface area contributed by atoms with Crippen LogP contribution in [0.4, 0.5) is 0 Å². The van der Waals surface area contributed by atoms with E-state index >= 15 is 0 Å². The number of halogens is 1. The summed E-state index contributed by atoms with van der Waals surface area (Å²) in [6.07, 6.45) is 10.7. The van der Waals surface area contributed by atoms with E-state index in [0.29, 0.717) is 0 Å². The Kier molecular flexibility index (Phi) is 14.8. The van der Waals surface area contributed by atoms with Gasteiger partial charge in [-0.1, -0.05) is 0 Å². The fraction of sp³-hybridized carbons (Fsp3) is 1.00. The summed E-state index contributed by atoms with van der Waals surface area (Å²) in [7, 11) is 6.89. The van der Waals surface area contributed by atoms with Crippen LogP contribution in [0.25, 0.3) is 0 Å². The number of ether oxygens (including phenoxy) is 1. The summed E-state index contributed by atoms with van der Waals surface area (Å²) < 4.78 is 9.21. The van der Waals surface area contributed by atoms with Crippen LogP contribution in [-0.2, 0) is 4.74 Å². The van der Waals surface area contributed by atoms with Crippen LogP contribution >= 0.6 is 8.92 Å². The quantitative estimate of drug-likeness (QED) is 0.411. The Labute approximate surface area is 129 Å². The van der Waals surface area contributed by atoms with Gasteiger partial charge in [0.2, 0.25) is 0 Å². The summed E-state index contributed by atoms with van der Waals surface area (Å²) in [6.45, 7) is 8.84. The maximum atomic E-state index is 6.89. The second kappa shape index (κ2) is 14.0. The fourth-order valence-electron chi connectivity index (χ4n) is 2.37. The van der Waals surface area contributed by atoms with Gasteiger partial charge in [-0.05, 0) is 12.8 Å². The maximum absolute atomic E-state index is 6.89. The summed E-state index contributed by atoms with van der Waals surface area (Å²) in [4.78, 5) is 0. The Morgan fingerprint density at radius 3 is 1.37 bits per heavy atom. The number of hydrogen-bond donors (Lipinski definition) is 0. The van der Waals surface area contributed by atoms with E-state index in [0.717, 1.165) is 13.2 Å². The second-order valence-corrected chi connectivity index (χ2v) is 22.0. The van der Waals surface area contributed by atoms with Crippen LogP contribution in [0.15, 0.2) is 0 Å². The van der Waals surface area contributed by atoms with Crippen molar-refractivity contribution in [3.63, 3.8) is 0 Å². The van der Waals surface area contributed by atoms with E-state index in [1.54, 1.807) is 0 Å². The summed E-state index contributed by atoms with van der Waals surface area (Å²) in [5.41, 5.74) is 0. The minimum atomic E-state index is -2.09. The zero-order chi connectivity index (χ0) is 14.4. The molecule has 0 aromatic heterocycles. The van der Waals surface area contributed by atoms with E-state index in [1.165, 1.54) is 64.7 Å². The average molecular weight is 398 g/mol. The molecule has 1 saturated heterocycles. The molecule has 0 atom stereocenters. The SMILES string of the molecule is C1CCOC1.CCC[CH2][Sn]([Cl])([CH2]CCC)[CH2]CCC. The van der Waals surface area contributed by atoms with E-state index in [9.17, 15) is 0 Å². The molecule has 0 N–H and O–H groups in total. The number of rotatable bonds is 9. The molecule has 1 heterocycles. The number of unbranched alkanes of at least 4 members (excludes halogenated alkanes) is 3. The van der Waals surface area contributed by atoms with Crippen molar-refractivity contribution in [1.82, 2.24) is 0 Å². The van der Waals surface area contributed by atoms with Gasteiger partial charge in [0.1, 0.15) is 0 Å². The second-order valence-electron chi connectivity index (χ2n) is 5.78. The number of hydrogen-bond acceptors (Lipinski definition) is 1. The predicted octanol–water partition coefficient (Wildman–Crippen LogP) is 6.37. The van der Waals surface area contributed by atoms with Gasteiger partial charge in [0.05, 0.1) is 0 Å². The third-order valence-electron chi connectivity index (χ3n) is 3.76. The molecule has 0 unspecified atom stereocenters. The van der Waals surface area contributed by atoms with Crippen LogP contribution in [0.5, 0.6) is 0 Å². The van der Waals surface area contributed by atoms with Crippen molar-refractivity contribution < 1.29 is 4.74 Å². The molecule has 1 aliphatic rings. The summed E-state index contributed by atoms with van der Waals surface area (Å²) in [5, 5.41) is 0. The zero-order valence-corrected chi connectivity index (χ0v) is 17.1. The first-order valence-electron chi connectivity index (χ1n) is 8.45. The van der Waals surface area contributed by atoms with Crippen molar-refractivity contribution in [1.29, 1.82) is 0 Å². The van der Waals surface area contributed by atoms with Gasteiger partial charge >= 0.3 is 98.8 Å². The first-order chi connectivity index (χ1) is 9.18. The van der Waals surface area contributed by atoms with Gasteiger partial charge in [-0.25, -0.2) is 0 Å². The predicted molar refractivity (Wildman–Crippen MR) is 90.8 cm³/mol. The van der Waals surface area contributed by atoms with Crippen molar-refractivity contribution in [3.8, 4) is 0 Å². The molecular weight excluding hydrogens is 362 g/mol. The molecule has 19 heavy (non-hydrogen) atoms. The molecule has 0 amide bonds. The van der Waals surface area contributed by atoms with Gasteiger partial charge in [0.25, 0.3) is 0 Å². The summed E-state index contributed by atoms with van der Waals surface area (Å²) in [5.74, 6) is 0. The first kappa shape index (κ1) is 20.0. The molecule has 116 valence electrons. The standard InChI is InChI=1S/C4H8O.3C4H9.ClH.Sn/c1-2-4-5-3-1;3*1-3-4-2;;/h1-4H2;3*1,3-4H2,2H3;1H;/q;;;;;+1/p-1. The molecule has 3 heteroatoms. The van der Waals surface area contributed by atoms with Crippen LogP contribution in [0.3, 0.4) is 0 Å². The van der Waals surface area contributed by atoms with Crippen molar-refractivity contribution >= 4 is 26.2 Å². The van der Waals surface area contributed by atoms with Crippen molar-refractivity contribution in [2.24, 2.45) is 0 Å². The zero-order valence-electron chi connectivity index (χ0n) is 13.5. The molecule has 1 nitrogen and oxygen atoms in total. The summed E-state index contributed by atoms with van der Waals surface area (Å²) >= 11 is -2.09. The van der Waals surface area contributed by atoms with Crippen LogP contribution in [0.2, 0.25) is 13.3 Å². The third kappa shape index (κ3) is 12.5. The molecule has 0 spiro atoms. The fourth-order valence-corrected chi connectivity index (χ4v) is 15.6. The Morgan fingerprint density at radius 2 is 1.16 bits per heavy atom. The Bertz CT molecular complexity index is 154. The van der Waals surface area contributed by atoms with Crippen LogP contribution in [0, 0.1) is 0 Å².